The molecule has 0 heterocycles. The smallest absolute Gasteiger partial charge is 0.316 e. The highest BCUT2D eigenvalue weighted by atomic mass is 32.2. The fourth-order valence-electron chi connectivity index (χ4n) is 5.43. The molecule has 2 aromatic carbocycles. The van der Waals surface area contributed by atoms with Crippen LogP contribution in [0.2, 0.25) is 18.1 Å². The van der Waals surface area contributed by atoms with Crippen molar-refractivity contribution in [2.75, 3.05) is 25.2 Å². The molecule has 0 aliphatic carbocycles. The summed E-state index contributed by atoms with van der Waals surface area (Å²) in [5.74, 6) is -0.587. The van der Waals surface area contributed by atoms with Crippen molar-refractivity contribution in [2.24, 2.45) is 10.8 Å². The van der Waals surface area contributed by atoms with Crippen LogP contribution in [-0.4, -0.2) is 53.9 Å². The summed E-state index contributed by atoms with van der Waals surface area (Å²) in [5, 5.41) is 0.0159. The molecule has 0 aliphatic heterocycles. The minimum atomic E-state index is -3.35. The third kappa shape index (κ3) is 11.6. The Morgan fingerprint density at radius 1 is 0.804 bits per heavy atom. The van der Waals surface area contributed by atoms with E-state index >= 15 is 0 Å². The SMILES string of the molecule is COC(=O)C(C)(C)Cc1cccc([C@@](C)(CCCC(C)(C)CS(=O)(=O)CCO[Si](C)(C)C(C)(C)C)C(=O)OCc2ccccc2)c1. The minimum absolute atomic E-state index is 0.00117. The van der Waals surface area contributed by atoms with Crippen molar-refractivity contribution in [3.63, 3.8) is 0 Å². The van der Waals surface area contributed by atoms with E-state index in [1.54, 1.807) is 0 Å². The van der Waals surface area contributed by atoms with Gasteiger partial charge in [0.1, 0.15) is 6.61 Å². The fourth-order valence-corrected chi connectivity index (χ4v) is 8.44. The number of hydrogen-bond acceptors (Lipinski definition) is 7. The Balaban J connectivity index is 2.21. The molecule has 0 aliphatic rings. The summed E-state index contributed by atoms with van der Waals surface area (Å²) < 4.78 is 43.3. The van der Waals surface area contributed by atoms with Crippen LogP contribution in [0.5, 0.6) is 0 Å². The molecule has 0 unspecified atom stereocenters. The first-order chi connectivity index (χ1) is 21.0. The molecule has 2 aromatic rings. The normalized spacial score (nSPS) is 14.4. The lowest BCUT2D eigenvalue weighted by Gasteiger charge is -2.36. The highest BCUT2D eigenvalue weighted by Crippen LogP contribution is 2.38. The number of esters is 2. The predicted molar refractivity (Wildman–Crippen MR) is 189 cm³/mol. The van der Waals surface area contributed by atoms with E-state index in [4.69, 9.17) is 13.9 Å². The van der Waals surface area contributed by atoms with Crippen molar-refractivity contribution in [1.29, 1.82) is 0 Å². The minimum Gasteiger partial charge on any atom is -0.469 e. The highest BCUT2D eigenvalue weighted by molar-refractivity contribution is 7.91. The molecule has 0 amide bonds. The van der Waals surface area contributed by atoms with Gasteiger partial charge in [0, 0.05) is 6.61 Å². The number of carbonyl (C=O) groups excluding carboxylic acids is 2. The zero-order valence-corrected chi connectivity index (χ0v) is 31.9. The third-order valence-electron chi connectivity index (χ3n) is 9.42. The number of ether oxygens (including phenoxy) is 2. The van der Waals surface area contributed by atoms with Crippen LogP contribution in [0.25, 0.3) is 0 Å². The molecule has 7 nitrogen and oxygen atoms in total. The topological polar surface area (TPSA) is 96.0 Å². The van der Waals surface area contributed by atoms with E-state index in [0.717, 1.165) is 16.7 Å². The van der Waals surface area contributed by atoms with E-state index in [9.17, 15) is 18.0 Å². The van der Waals surface area contributed by atoms with Gasteiger partial charge in [0.2, 0.25) is 0 Å². The van der Waals surface area contributed by atoms with Crippen LogP contribution in [0.4, 0.5) is 0 Å². The Morgan fingerprint density at radius 3 is 2.00 bits per heavy atom. The van der Waals surface area contributed by atoms with Gasteiger partial charge in [0.05, 0.1) is 29.4 Å². The lowest BCUT2D eigenvalue weighted by atomic mass is 9.75. The first-order valence-electron chi connectivity index (χ1n) is 16.3. The maximum Gasteiger partial charge on any atom is 0.316 e. The zero-order valence-electron chi connectivity index (χ0n) is 30.1. The summed E-state index contributed by atoms with van der Waals surface area (Å²) in [5.41, 5.74) is 0.417. The molecule has 0 saturated heterocycles. The summed E-state index contributed by atoms with van der Waals surface area (Å²) in [6.07, 6.45) is 2.17. The number of carbonyl (C=O) groups is 2. The summed E-state index contributed by atoms with van der Waals surface area (Å²) >= 11 is 0. The number of benzene rings is 2. The molecule has 0 bridgehead atoms. The number of methoxy groups -OCH3 is 1. The van der Waals surface area contributed by atoms with E-state index in [1.165, 1.54) is 7.11 Å². The lowest BCUT2D eigenvalue weighted by molar-refractivity contribution is -0.152. The molecule has 0 fully saturated rings. The van der Waals surface area contributed by atoms with Crippen molar-refractivity contribution in [3.05, 3.63) is 71.3 Å². The van der Waals surface area contributed by atoms with Crippen molar-refractivity contribution in [1.82, 2.24) is 0 Å². The largest absolute Gasteiger partial charge is 0.469 e. The van der Waals surface area contributed by atoms with Gasteiger partial charge >= 0.3 is 11.9 Å². The van der Waals surface area contributed by atoms with Gasteiger partial charge in [-0.1, -0.05) is 95.6 Å². The quantitative estimate of drug-likeness (QED) is 0.124. The molecule has 0 saturated carbocycles. The summed E-state index contributed by atoms with van der Waals surface area (Å²) in [4.78, 5) is 26.2. The van der Waals surface area contributed by atoms with Crippen molar-refractivity contribution in [3.8, 4) is 0 Å². The van der Waals surface area contributed by atoms with Crippen molar-refractivity contribution >= 4 is 30.1 Å². The van der Waals surface area contributed by atoms with Crippen LogP contribution in [0.15, 0.2) is 54.6 Å². The van der Waals surface area contributed by atoms with E-state index < -0.39 is 34.4 Å². The first-order valence-corrected chi connectivity index (χ1v) is 21.0. The van der Waals surface area contributed by atoms with Gasteiger partial charge in [-0.2, -0.15) is 0 Å². The zero-order chi connectivity index (χ0) is 35.0. The molecule has 0 N–H and O–H groups in total. The molecular formula is C37H58O7SSi. The molecule has 1 atom stereocenters. The summed E-state index contributed by atoms with van der Waals surface area (Å²) in [6.45, 7) is 20.6. The maximum absolute atomic E-state index is 13.8. The Labute approximate surface area is 279 Å². The number of hydrogen-bond donors (Lipinski definition) is 0. The van der Waals surface area contributed by atoms with Crippen LogP contribution < -0.4 is 0 Å². The van der Waals surface area contributed by atoms with Gasteiger partial charge < -0.3 is 13.9 Å². The Kier molecular flexibility index (Phi) is 13.5. The van der Waals surface area contributed by atoms with Crippen LogP contribution in [0, 0.1) is 10.8 Å². The van der Waals surface area contributed by atoms with E-state index in [-0.39, 0.29) is 41.7 Å². The van der Waals surface area contributed by atoms with Crippen LogP contribution in [-0.2, 0) is 51.8 Å². The Hall–Kier alpha value is -2.49. The molecule has 0 aromatic heterocycles. The van der Waals surface area contributed by atoms with Crippen molar-refractivity contribution in [2.45, 2.75) is 111 Å². The van der Waals surface area contributed by atoms with E-state index in [2.05, 4.69) is 33.9 Å². The fraction of sp³-hybridized carbons (Fsp3) is 0.622. The Morgan fingerprint density at radius 2 is 1.41 bits per heavy atom. The summed E-state index contributed by atoms with van der Waals surface area (Å²) in [6, 6.07) is 17.3. The number of rotatable bonds is 17. The predicted octanol–water partition coefficient (Wildman–Crippen LogP) is 8.06. The van der Waals surface area contributed by atoms with Crippen LogP contribution in [0.1, 0.15) is 91.3 Å². The molecule has 258 valence electrons. The lowest BCUT2D eigenvalue weighted by Crippen LogP contribution is -2.42. The third-order valence-corrected chi connectivity index (χ3v) is 16.0. The molecule has 2 rings (SSSR count). The standard InChI is InChI=1S/C37H58O7SSi/c1-34(2,3)46(10,11)44-23-24-45(40,41)28-35(4,5)21-16-22-37(8,33(39)43-27-29-17-13-12-14-18-29)31-20-15-19-30(25-31)26-36(6,7)32(38)42-9/h12-15,17-20,25H,16,21-24,26-28H2,1-11H3/t37-/m1/s1. The number of sulfone groups is 1. The van der Waals surface area contributed by atoms with Gasteiger partial charge in [0.25, 0.3) is 0 Å². The van der Waals surface area contributed by atoms with Gasteiger partial charge in [-0.15, -0.1) is 0 Å². The Bertz CT molecular complexity index is 1410. The molecule has 9 heteroatoms. The second kappa shape index (κ2) is 15.6. The molecule has 0 radical (unpaired) electrons. The monoisotopic (exact) mass is 674 g/mol. The van der Waals surface area contributed by atoms with E-state index in [0.29, 0.717) is 25.7 Å². The molecule has 46 heavy (non-hydrogen) atoms. The highest BCUT2D eigenvalue weighted by Gasteiger charge is 2.39. The van der Waals surface area contributed by atoms with Crippen molar-refractivity contribution < 1.29 is 31.9 Å². The maximum atomic E-state index is 13.8. The average Bonchev–Trinajstić information content (AvgIpc) is 2.94. The van der Waals surface area contributed by atoms with Crippen LogP contribution >= 0.6 is 0 Å². The first kappa shape index (κ1) is 39.7. The molecular weight excluding hydrogens is 617 g/mol. The second-order valence-electron chi connectivity index (χ2n) is 15.9. The van der Waals surface area contributed by atoms with Gasteiger partial charge in [-0.25, -0.2) is 8.42 Å². The van der Waals surface area contributed by atoms with Gasteiger partial charge in [-0.3, -0.25) is 9.59 Å². The van der Waals surface area contributed by atoms with E-state index in [1.807, 2.05) is 89.2 Å². The summed E-state index contributed by atoms with van der Waals surface area (Å²) in [7, 11) is -3.99. The average molecular weight is 675 g/mol. The van der Waals surface area contributed by atoms with Crippen LogP contribution in [0.3, 0.4) is 0 Å². The second-order valence-corrected chi connectivity index (χ2v) is 22.9. The molecule has 0 spiro atoms. The van der Waals surface area contributed by atoms with Gasteiger partial charge in [-0.05, 0) is 80.3 Å². The van der Waals surface area contributed by atoms with Gasteiger partial charge in [0.15, 0.2) is 18.2 Å².